The van der Waals surface area contributed by atoms with Crippen LogP contribution >= 0.6 is 0 Å². The summed E-state index contributed by atoms with van der Waals surface area (Å²) in [4.78, 5) is 13.8. The summed E-state index contributed by atoms with van der Waals surface area (Å²) in [5.74, 6) is 1.24. The fourth-order valence-electron chi connectivity index (χ4n) is 1.66. The zero-order chi connectivity index (χ0) is 10.7. The van der Waals surface area contributed by atoms with Gasteiger partial charge in [0.25, 0.3) is 0 Å². The first-order chi connectivity index (χ1) is 7.31. The monoisotopic (exact) mass is 208 g/mol. The molecule has 82 valence electrons. The van der Waals surface area contributed by atoms with Gasteiger partial charge in [0.1, 0.15) is 5.76 Å². The molecule has 1 amide bonds. The predicted octanol–water partition coefficient (Wildman–Crippen LogP) is 0.847. The molecule has 0 spiro atoms. The molecule has 0 saturated carbocycles. The van der Waals surface area contributed by atoms with E-state index in [9.17, 15) is 4.79 Å². The molecule has 0 atom stereocenters. The maximum absolute atomic E-state index is 11.9. The van der Waals surface area contributed by atoms with E-state index in [4.69, 9.17) is 4.42 Å². The van der Waals surface area contributed by atoms with E-state index in [1.807, 2.05) is 24.0 Å². The van der Waals surface area contributed by atoms with Crippen LogP contribution in [0.25, 0.3) is 0 Å². The highest BCUT2D eigenvalue weighted by atomic mass is 16.3. The van der Waals surface area contributed by atoms with Crippen LogP contribution in [-0.2, 0) is 11.3 Å². The fraction of sp³-hybridized carbons (Fsp3) is 0.545. The number of amides is 1. The van der Waals surface area contributed by atoms with Gasteiger partial charge in [0.2, 0.25) is 5.91 Å². The minimum absolute atomic E-state index is 0.167. The number of nitrogens with zero attached hydrogens (tertiary/aromatic N) is 1. The first kappa shape index (κ1) is 10.2. The Hall–Kier alpha value is -1.29. The van der Waals surface area contributed by atoms with Gasteiger partial charge in [-0.1, -0.05) is 0 Å². The minimum atomic E-state index is 0.167. The van der Waals surface area contributed by atoms with Crippen LogP contribution in [0.15, 0.2) is 22.8 Å². The summed E-state index contributed by atoms with van der Waals surface area (Å²) >= 11 is 0. The summed E-state index contributed by atoms with van der Waals surface area (Å²) in [6, 6.07) is 3.74. The normalized spacial score (nSPS) is 16.1. The third kappa shape index (κ3) is 2.21. The Morgan fingerprint density at radius 1 is 1.67 bits per heavy atom. The molecule has 1 aromatic heterocycles. The number of rotatable bonds is 4. The van der Waals surface area contributed by atoms with Crippen LogP contribution in [0.3, 0.4) is 0 Å². The molecule has 1 aliphatic heterocycles. The Morgan fingerprint density at radius 3 is 2.93 bits per heavy atom. The largest absolute Gasteiger partial charge is 0.467 e. The van der Waals surface area contributed by atoms with E-state index in [1.165, 1.54) is 0 Å². The van der Waals surface area contributed by atoms with Crippen molar-refractivity contribution < 1.29 is 9.21 Å². The van der Waals surface area contributed by atoms with E-state index in [1.54, 1.807) is 6.26 Å². The lowest BCUT2D eigenvalue weighted by Gasteiger charge is -2.31. The fourth-order valence-corrected chi connectivity index (χ4v) is 1.66. The van der Waals surface area contributed by atoms with Crippen LogP contribution in [0, 0.1) is 5.92 Å². The van der Waals surface area contributed by atoms with E-state index in [0.717, 1.165) is 25.4 Å². The molecule has 0 aliphatic carbocycles. The highest BCUT2D eigenvalue weighted by Gasteiger charge is 2.28. The van der Waals surface area contributed by atoms with Crippen molar-refractivity contribution in [3.63, 3.8) is 0 Å². The molecule has 0 aromatic carbocycles. The maximum atomic E-state index is 11.9. The molecule has 1 saturated heterocycles. The van der Waals surface area contributed by atoms with Crippen molar-refractivity contribution in [1.82, 2.24) is 10.2 Å². The lowest BCUT2D eigenvalue weighted by Crippen LogP contribution is -2.51. The van der Waals surface area contributed by atoms with E-state index in [-0.39, 0.29) is 11.8 Å². The highest BCUT2D eigenvalue weighted by molar-refractivity contribution is 5.80. The Labute approximate surface area is 89.2 Å². The Balaban J connectivity index is 1.94. The van der Waals surface area contributed by atoms with Gasteiger partial charge in [-0.2, -0.15) is 0 Å². The lowest BCUT2D eigenvalue weighted by atomic mass is 10.0. The number of furan rings is 1. The molecule has 4 heteroatoms. The lowest BCUT2D eigenvalue weighted by molar-refractivity contribution is -0.137. The van der Waals surface area contributed by atoms with Crippen molar-refractivity contribution in [1.29, 1.82) is 0 Å². The second kappa shape index (κ2) is 4.49. The Bertz CT molecular complexity index is 317. The molecule has 1 aliphatic rings. The molecular weight excluding hydrogens is 192 g/mol. The SMILES string of the molecule is CCN(Cc1ccco1)C(=O)C1CNC1. The van der Waals surface area contributed by atoms with Crippen molar-refractivity contribution in [2.24, 2.45) is 5.92 Å². The summed E-state index contributed by atoms with van der Waals surface area (Å²) in [5.41, 5.74) is 0. The van der Waals surface area contributed by atoms with Gasteiger partial charge in [-0.3, -0.25) is 4.79 Å². The Morgan fingerprint density at radius 2 is 2.47 bits per heavy atom. The van der Waals surface area contributed by atoms with Gasteiger partial charge in [0.15, 0.2) is 0 Å². The van der Waals surface area contributed by atoms with Gasteiger partial charge in [0.05, 0.1) is 18.7 Å². The van der Waals surface area contributed by atoms with Crippen LogP contribution in [0.2, 0.25) is 0 Å². The van der Waals surface area contributed by atoms with Crippen LogP contribution in [0.4, 0.5) is 0 Å². The van der Waals surface area contributed by atoms with Crippen LogP contribution in [-0.4, -0.2) is 30.4 Å². The topological polar surface area (TPSA) is 45.5 Å². The van der Waals surface area contributed by atoms with Crippen LogP contribution in [0.1, 0.15) is 12.7 Å². The molecule has 1 fully saturated rings. The molecule has 2 rings (SSSR count). The number of hydrogen-bond acceptors (Lipinski definition) is 3. The van der Waals surface area contributed by atoms with Gasteiger partial charge >= 0.3 is 0 Å². The quantitative estimate of drug-likeness (QED) is 0.797. The van der Waals surface area contributed by atoms with Crippen molar-refractivity contribution in [3.8, 4) is 0 Å². The zero-order valence-corrected chi connectivity index (χ0v) is 8.90. The van der Waals surface area contributed by atoms with Gasteiger partial charge in [-0.25, -0.2) is 0 Å². The maximum Gasteiger partial charge on any atom is 0.228 e. The summed E-state index contributed by atoms with van der Waals surface area (Å²) < 4.78 is 5.24. The zero-order valence-electron chi connectivity index (χ0n) is 8.90. The third-order valence-corrected chi connectivity index (χ3v) is 2.75. The smallest absolute Gasteiger partial charge is 0.228 e. The van der Waals surface area contributed by atoms with Crippen molar-refractivity contribution >= 4 is 5.91 Å². The number of carbonyl (C=O) groups excluding carboxylic acids is 1. The van der Waals surface area contributed by atoms with E-state index >= 15 is 0 Å². The molecule has 1 aromatic rings. The average molecular weight is 208 g/mol. The average Bonchev–Trinajstić information content (AvgIpc) is 2.63. The van der Waals surface area contributed by atoms with Gasteiger partial charge in [-0.05, 0) is 19.1 Å². The number of nitrogens with one attached hydrogen (secondary N) is 1. The minimum Gasteiger partial charge on any atom is -0.467 e. The molecule has 15 heavy (non-hydrogen) atoms. The first-order valence-electron chi connectivity index (χ1n) is 5.33. The predicted molar refractivity (Wildman–Crippen MR) is 56.2 cm³/mol. The van der Waals surface area contributed by atoms with Crippen molar-refractivity contribution in [2.75, 3.05) is 19.6 Å². The second-order valence-corrected chi connectivity index (χ2v) is 3.79. The summed E-state index contributed by atoms with van der Waals surface area (Å²) in [6.45, 7) is 4.93. The van der Waals surface area contributed by atoms with Gasteiger partial charge < -0.3 is 14.6 Å². The number of carbonyl (C=O) groups is 1. The molecule has 2 heterocycles. The molecule has 0 radical (unpaired) electrons. The van der Waals surface area contributed by atoms with E-state index in [0.29, 0.717) is 6.54 Å². The van der Waals surface area contributed by atoms with E-state index < -0.39 is 0 Å². The van der Waals surface area contributed by atoms with Crippen molar-refractivity contribution in [2.45, 2.75) is 13.5 Å². The summed E-state index contributed by atoms with van der Waals surface area (Å²) in [6.07, 6.45) is 1.64. The first-order valence-corrected chi connectivity index (χ1v) is 5.33. The number of hydrogen-bond donors (Lipinski definition) is 1. The van der Waals surface area contributed by atoms with Crippen molar-refractivity contribution in [3.05, 3.63) is 24.2 Å². The van der Waals surface area contributed by atoms with Gasteiger partial charge in [0, 0.05) is 19.6 Å². The van der Waals surface area contributed by atoms with Crippen LogP contribution in [0.5, 0.6) is 0 Å². The highest BCUT2D eigenvalue weighted by Crippen LogP contribution is 2.12. The molecule has 1 N–H and O–H groups in total. The van der Waals surface area contributed by atoms with E-state index in [2.05, 4.69) is 5.32 Å². The third-order valence-electron chi connectivity index (χ3n) is 2.75. The Kier molecular flexibility index (Phi) is 3.06. The summed E-state index contributed by atoms with van der Waals surface area (Å²) in [7, 11) is 0. The molecule has 0 bridgehead atoms. The van der Waals surface area contributed by atoms with Gasteiger partial charge in [-0.15, -0.1) is 0 Å². The standard InChI is InChI=1S/C11H16N2O2/c1-2-13(8-10-4-3-5-15-10)11(14)9-6-12-7-9/h3-5,9,12H,2,6-8H2,1H3. The van der Waals surface area contributed by atoms with Crippen LogP contribution < -0.4 is 5.32 Å². The summed E-state index contributed by atoms with van der Waals surface area (Å²) in [5, 5.41) is 3.11. The molecule has 0 unspecified atom stereocenters. The second-order valence-electron chi connectivity index (χ2n) is 3.79. The molecular formula is C11H16N2O2. The molecule has 4 nitrogen and oxygen atoms in total.